The molecule has 1 aliphatic rings. The molecule has 1 unspecified atom stereocenters. The van der Waals surface area contributed by atoms with Gasteiger partial charge in [0, 0.05) is 30.5 Å². The van der Waals surface area contributed by atoms with Gasteiger partial charge in [-0.2, -0.15) is 0 Å². The number of amides is 2. The van der Waals surface area contributed by atoms with Gasteiger partial charge >= 0.3 is 0 Å². The average molecular weight is 315 g/mol. The van der Waals surface area contributed by atoms with Gasteiger partial charge in [-0.3, -0.25) is 9.59 Å². The Hall–Kier alpha value is -1.26. The maximum absolute atomic E-state index is 11.7. The van der Waals surface area contributed by atoms with Crippen LogP contribution in [0.5, 0.6) is 0 Å². The molecule has 0 saturated carbocycles. The van der Waals surface area contributed by atoms with Crippen LogP contribution in [-0.4, -0.2) is 24.2 Å². The molecule has 1 heterocycles. The van der Waals surface area contributed by atoms with E-state index in [-0.39, 0.29) is 23.6 Å². The van der Waals surface area contributed by atoms with Crippen LogP contribution < -0.4 is 10.2 Å². The van der Waals surface area contributed by atoms with Gasteiger partial charge < -0.3 is 10.2 Å². The quantitative estimate of drug-likeness (QED) is 0.867. The molecule has 1 N–H and O–H groups in total. The molecular formula is C14H16Cl2N2O2. The summed E-state index contributed by atoms with van der Waals surface area (Å²) in [6, 6.07) is 5.15. The highest BCUT2D eigenvalue weighted by Gasteiger charge is 2.23. The Morgan fingerprint density at radius 1 is 1.50 bits per heavy atom. The fourth-order valence-corrected chi connectivity index (χ4v) is 2.46. The van der Waals surface area contributed by atoms with Gasteiger partial charge in [-0.15, -0.1) is 11.6 Å². The van der Waals surface area contributed by atoms with E-state index in [0.717, 1.165) is 6.42 Å². The Balaban J connectivity index is 2.13. The zero-order valence-electron chi connectivity index (χ0n) is 11.2. The minimum atomic E-state index is -0.268. The molecule has 0 aliphatic carbocycles. The van der Waals surface area contributed by atoms with Gasteiger partial charge in [0.15, 0.2) is 0 Å². The molecule has 0 spiro atoms. The molecule has 2 rings (SSSR count). The molecule has 0 aromatic heterocycles. The number of rotatable bonds is 4. The Bertz CT molecular complexity index is 534. The van der Waals surface area contributed by atoms with E-state index in [0.29, 0.717) is 29.4 Å². The summed E-state index contributed by atoms with van der Waals surface area (Å²) in [5.41, 5.74) is 1.30. The van der Waals surface area contributed by atoms with Crippen molar-refractivity contribution in [2.75, 3.05) is 22.6 Å². The third-order valence-corrected chi connectivity index (χ3v) is 4.02. The lowest BCUT2D eigenvalue weighted by molar-refractivity contribution is -0.119. The van der Waals surface area contributed by atoms with Crippen molar-refractivity contribution in [1.82, 2.24) is 0 Å². The van der Waals surface area contributed by atoms with Gasteiger partial charge in [-0.25, -0.2) is 0 Å². The maximum atomic E-state index is 11.7. The second kappa shape index (κ2) is 6.46. The summed E-state index contributed by atoms with van der Waals surface area (Å²) in [6.07, 6.45) is 1.41. The van der Waals surface area contributed by atoms with Crippen LogP contribution in [0.2, 0.25) is 5.02 Å². The fraction of sp³-hybridized carbons (Fsp3) is 0.429. The minimum Gasteiger partial charge on any atom is -0.326 e. The van der Waals surface area contributed by atoms with E-state index >= 15 is 0 Å². The normalized spacial score (nSPS) is 16.4. The number of anilines is 2. The molecule has 1 aromatic carbocycles. The largest absolute Gasteiger partial charge is 0.326 e. The third-order valence-electron chi connectivity index (χ3n) is 3.26. The molecule has 6 heteroatoms. The van der Waals surface area contributed by atoms with Crippen LogP contribution in [0.15, 0.2) is 18.2 Å². The monoisotopic (exact) mass is 314 g/mol. The van der Waals surface area contributed by atoms with Crippen molar-refractivity contribution in [3.63, 3.8) is 0 Å². The Labute approximate surface area is 128 Å². The van der Waals surface area contributed by atoms with Gasteiger partial charge in [-0.05, 0) is 24.6 Å². The first-order chi connectivity index (χ1) is 9.52. The van der Waals surface area contributed by atoms with Crippen LogP contribution in [-0.2, 0) is 9.59 Å². The molecule has 1 atom stereocenters. The first kappa shape index (κ1) is 15.1. The highest BCUT2D eigenvalue weighted by molar-refractivity contribution is 6.34. The summed E-state index contributed by atoms with van der Waals surface area (Å²) in [4.78, 5) is 25.1. The number of hydrogen-bond acceptors (Lipinski definition) is 2. The Morgan fingerprint density at radius 2 is 2.25 bits per heavy atom. The van der Waals surface area contributed by atoms with Crippen molar-refractivity contribution in [2.24, 2.45) is 5.92 Å². The lowest BCUT2D eigenvalue weighted by Gasteiger charge is -2.18. The highest BCUT2D eigenvalue weighted by Crippen LogP contribution is 2.31. The number of carbonyl (C=O) groups is 2. The minimum absolute atomic E-state index is 0.0828. The van der Waals surface area contributed by atoms with Crippen molar-refractivity contribution in [2.45, 2.75) is 19.8 Å². The molecular weight excluding hydrogens is 299 g/mol. The van der Waals surface area contributed by atoms with E-state index in [2.05, 4.69) is 5.32 Å². The number of nitrogens with zero attached hydrogens (tertiary/aromatic N) is 1. The van der Waals surface area contributed by atoms with Crippen molar-refractivity contribution in [1.29, 1.82) is 0 Å². The SMILES string of the molecule is CC(CCl)C(=O)Nc1ccc(N2CCCC2=O)c(Cl)c1. The summed E-state index contributed by atoms with van der Waals surface area (Å²) < 4.78 is 0. The Morgan fingerprint density at radius 3 is 2.80 bits per heavy atom. The zero-order valence-corrected chi connectivity index (χ0v) is 12.7. The van der Waals surface area contributed by atoms with Crippen molar-refractivity contribution in [3.05, 3.63) is 23.2 Å². The number of nitrogens with one attached hydrogen (secondary N) is 1. The van der Waals surface area contributed by atoms with E-state index in [4.69, 9.17) is 23.2 Å². The van der Waals surface area contributed by atoms with Crippen molar-refractivity contribution in [3.8, 4) is 0 Å². The molecule has 1 aliphatic heterocycles. The molecule has 0 radical (unpaired) electrons. The molecule has 2 amide bonds. The zero-order chi connectivity index (χ0) is 14.7. The molecule has 1 saturated heterocycles. The second-order valence-corrected chi connectivity index (χ2v) is 5.58. The Kier molecular flexibility index (Phi) is 4.89. The molecule has 4 nitrogen and oxygen atoms in total. The van der Waals surface area contributed by atoms with Crippen LogP contribution in [0, 0.1) is 5.92 Å². The lowest BCUT2D eigenvalue weighted by Crippen LogP contribution is -2.24. The van der Waals surface area contributed by atoms with Crippen LogP contribution >= 0.6 is 23.2 Å². The number of benzene rings is 1. The molecule has 1 fully saturated rings. The molecule has 108 valence electrons. The average Bonchev–Trinajstić information content (AvgIpc) is 2.84. The predicted molar refractivity (Wildman–Crippen MR) is 81.6 cm³/mol. The topological polar surface area (TPSA) is 49.4 Å². The van der Waals surface area contributed by atoms with Gasteiger partial charge in [0.05, 0.1) is 10.7 Å². The number of halogens is 2. The van der Waals surface area contributed by atoms with E-state index in [1.165, 1.54) is 0 Å². The molecule has 0 bridgehead atoms. The first-order valence-electron chi connectivity index (χ1n) is 6.49. The first-order valence-corrected chi connectivity index (χ1v) is 7.41. The third kappa shape index (κ3) is 3.25. The lowest BCUT2D eigenvalue weighted by atomic mass is 10.2. The summed E-state index contributed by atoms with van der Waals surface area (Å²) >= 11 is 11.8. The van der Waals surface area contributed by atoms with Crippen molar-refractivity contribution < 1.29 is 9.59 Å². The van der Waals surface area contributed by atoms with Gasteiger partial charge in [0.2, 0.25) is 11.8 Å². The van der Waals surface area contributed by atoms with Gasteiger partial charge in [-0.1, -0.05) is 18.5 Å². The number of alkyl halides is 1. The van der Waals surface area contributed by atoms with E-state index < -0.39 is 0 Å². The standard InChI is InChI=1S/C14H16Cl2N2O2/c1-9(8-15)14(20)17-10-4-5-12(11(16)7-10)18-6-2-3-13(18)19/h4-5,7,9H,2-3,6,8H2,1H3,(H,17,20). The summed E-state index contributed by atoms with van der Waals surface area (Å²) in [5, 5.41) is 3.21. The summed E-state index contributed by atoms with van der Waals surface area (Å²) in [5.74, 6) is -0.0734. The smallest absolute Gasteiger partial charge is 0.228 e. The maximum Gasteiger partial charge on any atom is 0.228 e. The van der Waals surface area contributed by atoms with Crippen molar-refractivity contribution >= 4 is 46.4 Å². The van der Waals surface area contributed by atoms with Gasteiger partial charge in [0.1, 0.15) is 0 Å². The fourth-order valence-electron chi connectivity index (χ4n) is 2.04. The van der Waals surface area contributed by atoms with Gasteiger partial charge in [0.25, 0.3) is 0 Å². The van der Waals surface area contributed by atoms with Crippen LogP contribution in [0.25, 0.3) is 0 Å². The van der Waals surface area contributed by atoms with E-state index in [1.807, 2.05) is 0 Å². The second-order valence-electron chi connectivity index (χ2n) is 4.86. The highest BCUT2D eigenvalue weighted by atomic mass is 35.5. The number of carbonyl (C=O) groups excluding carboxylic acids is 2. The molecule has 20 heavy (non-hydrogen) atoms. The molecule has 1 aromatic rings. The van der Waals surface area contributed by atoms with E-state index in [1.54, 1.807) is 30.0 Å². The predicted octanol–water partition coefficient (Wildman–Crippen LogP) is 3.28. The van der Waals surface area contributed by atoms with Crippen LogP contribution in [0.3, 0.4) is 0 Å². The van der Waals surface area contributed by atoms with E-state index in [9.17, 15) is 9.59 Å². The van der Waals surface area contributed by atoms with Crippen LogP contribution in [0.4, 0.5) is 11.4 Å². The van der Waals surface area contributed by atoms with Crippen LogP contribution in [0.1, 0.15) is 19.8 Å². The number of hydrogen-bond donors (Lipinski definition) is 1. The summed E-state index contributed by atoms with van der Waals surface area (Å²) in [7, 11) is 0. The summed E-state index contributed by atoms with van der Waals surface area (Å²) in [6.45, 7) is 2.44.